The van der Waals surface area contributed by atoms with Crippen LogP contribution in [-0.2, 0) is 16.2 Å². The van der Waals surface area contributed by atoms with Gasteiger partial charge in [0.2, 0.25) is 11.8 Å². The summed E-state index contributed by atoms with van der Waals surface area (Å²) >= 11 is 13.3. The molecule has 0 radical (unpaired) electrons. The fraction of sp³-hybridized carbons (Fsp3) is 0.265. The number of piperidine rings is 1. The Balaban J connectivity index is 1.26. The summed E-state index contributed by atoms with van der Waals surface area (Å²) in [5.74, 6) is -1.46. The number of hydrogen-bond donors (Lipinski definition) is 2. The van der Waals surface area contributed by atoms with E-state index < -0.39 is 17.8 Å². The summed E-state index contributed by atoms with van der Waals surface area (Å²) in [5.41, 5.74) is 4.16. The average Bonchev–Trinajstić information content (AvgIpc) is 3.06. The van der Waals surface area contributed by atoms with Gasteiger partial charge in [-0.1, -0.05) is 41.4 Å². The second-order valence-electron chi connectivity index (χ2n) is 10.9. The van der Waals surface area contributed by atoms with Crippen molar-refractivity contribution >= 4 is 69.3 Å². The van der Waals surface area contributed by atoms with E-state index in [2.05, 4.69) is 27.3 Å². The third kappa shape index (κ3) is 7.58. The Morgan fingerprint density at radius 3 is 2.59 bits per heavy atom. The van der Waals surface area contributed by atoms with Crippen LogP contribution >= 0.6 is 23.2 Å². The molecule has 46 heavy (non-hydrogen) atoms. The lowest BCUT2D eigenvalue weighted by molar-refractivity contribution is -0.122. The molecule has 3 heterocycles. The number of likely N-dealkylation sites (N-methyl/N-ethyl adjacent to an activating group) is 1. The zero-order valence-corrected chi connectivity index (χ0v) is 26.9. The largest absolute Gasteiger partial charge is 0.487 e. The van der Waals surface area contributed by atoms with Crippen molar-refractivity contribution in [2.24, 2.45) is 0 Å². The smallest absolute Gasteiger partial charge is 0.354 e. The number of rotatable bonds is 10. The lowest BCUT2D eigenvalue weighted by Gasteiger charge is -2.30. The first-order chi connectivity index (χ1) is 22.1. The predicted molar refractivity (Wildman–Crippen MR) is 180 cm³/mol. The molecule has 1 aliphatic rings. The maximum atomic E-state index is 13.0. The lowest BCUT2D eigenvalue weighted by Crippen LogP contribution is -2.37. The molecule has 1 fully saturated rings. The molecule has 0 aliphatic carbocycles. The summed E-state index contributed by atoms with van der Waals surface area (Å²) in [7, 11) is 1.55. The van der Waals surface area contributed by atoms with Gasteiger partial charge < -0.3 is 25.0 Å². The van der Waals surface area contributed by atoms with Crippen LogP contribution in [0.15, 0.2) is 60.8 Å². The van der Waals surface area contributed by atoms with E-state index in [9.17, 15) is 14.4 Å². The molecule has 5 rings (SSSR count). The molecular formula is C34H33Cl2N5O5. The maximum absolute atomic E-state index is 13.0. The highest BCUT2D eigenvalue weighted by Crippen LogP contribution is 2.37. The molecule has 0 atom stereocenters. The van der Waals surface area contributed by atoms with E-state index in [0.717, 1.165) is 48.2 Å². The molecular weight excluding hydrogens is 629 g/mol. The Kier molecular flexibility index (Phi) is 10.4. The number of carbonyl (C=O) groups is 3. The van der Waals surface area contributed by atoms with Crippen LogP contribution in [0.4, 0.5) is 11.4 Å². The van der Waals surface area contributed by atoms with Crippen molar-refractivity contribution < 1.29 is 24.2 Å². The summed E-state index contributed by atoms with van der Waals surface area (Å²) in [6.07, 6.45) is 7.60. The number of ether oxygens (including phenoxy) is 1. The Bertz CT molecular complexity index is 1810. The molecule has 2 N–H and O–H groups in total. The minimum absolute atomic E-state index is 0.0468. The van der Waals surface area contributed by atoms with E-state index in [4.69, 9.17) is 38.0 Å². The van der Waals surface area contributed by atoms with Crippen LogP contribution in [0.3, 0.4) is 0 Å². The number of aromatic nitrogens is 2. The van der Waals surface area contributed by atoms with Gasteiger partial charge in [0.05, 0.1) is 17.3 Å². The summed E-state index contributed by atoms with van der Waals surface area (Å²) in [6.45, 7) is 3.75. The number of carboxylic acids is 1. The first-order valence-electron chi connectivity index (χ1n) is 14.8. The zero-order chi connectivity index (χ0) is 32.8. The number of aromatic carboxylic acids is 1. The minimum atomic E-state index is -1.14. The fourth-order valence-corrected chi connectivity index (χ4v) is 5.85. The van der Waals surface area contributed by atoms with Gasteiger partial charge in [-0.2, -0.15) is 0 Å². The van der Waals surface area contributed by atoms with Crippen molar-refractivity contribution in [3.63, 3.8) is 0 Å². The number of pyridine rings is 2. The first kappa shape index (κ1) is 32.7. The Labute approximate surface area is 276 Å². The molecule has 2 amide bonds. The van der Waals surface area contributed by atoms with Crippen molar-refractivity contribution in [3.05, 3.63) is 93.4 Å². The summed E-state index contributed by atoms with van der Waals surface area (Å²) in [5, 5.41) is 13.1. The number of para-hydroxylation sites is 1. The van der Waals surface area contributed by atoms with Gasteiger partial charge in [0, 0.05) is 59.8 Å². The number of amides is 2. The van der Waals surface area contributed by atoms with Gasteiger partial charge in [-0.05, 0) is 68.2 Å². The van der Waals surface area contributed by atoms with Crippen molar-refractivity contribution in [1.82, 2.24) is 15.3 Å². The molecule has 0 spiro atoms. The molecule has 1 aliphatic heterocycles. The van der Waals surface area contributed by atoms with Crippen LogP contribution in [0.2, 0.25) is 10.0 Å². The average molecular weight is 663 g/mol. The number of aryl methyl sites for hydroxylation is 1. The second kappa shape index (κ2) is 14.6. The number of fused-ring (bicyclic) bond motifs is 1. The van der Waals surface area contributed by atoms with E-state index >= 15 is 0 Å². The molecule has 2 aromatic carbocycles. The molecule has 0 bridgehead atoms. The Morgan fingerprint density at radius 2 is 1.87 bits per heavy atom. The van der Waals surface area contributed by atoms with E-state index in [1.54, 1.807) is 19.2 Å². The lowest BCUT2D eigenvalue weighted by atomic mass is 10.1. The van der Waals surface area contributed by atoms with E-state index in [1.807, 2.05) is 19.1 Å². The van der Waals surface area contributed by atoms with Gasteiger partial charge in [-0.25, -0.2) is 14.8 Å². The van der Waals surface area contributed by atoms with Crippen molar-refractivity contribution in [2.75, 3.05) is 36.5 Å². The number of anilines is 2. The Morgan fingerprint density at radius 1 is 1.09 bits per heavy atom. The third-order valence-electron chi connectivity index (χ3n) is 7.73. The number of nitrogens with zero attached hydrogens (tertiary/aromatic N) is 4. The summed E-state index contributed by atoms with van der Waals surface area (Å²) in [6, 6.07) is 14.1. The maximum Gasteiger partial charge on any atom is 0.354 e. The van der Waals surface area contributed by atoms with Gasteiger partial charge in [0.1, 0.15) is 23.6 Å². The monoisotopic (exact) mass is 661 g/mol. The normalized spacial score (nSPS) is 13.2. The van der Waals surface area contributed by atoms with Gasteiger partial charge >= 0.3 is 5.97 Å². The molecule has 2 aromatic heterocycles. The fourth-order valence-electron chi connectivity index (χ4n) is 5.24. The minimum Gasteiger partial charge on any atom is -0.487 e. The van der Waals surface area contributed by atoms with E-state index in [0.29, 0.717) is 27.6 Å². The molecule has 0 saturated carbocycles. The molecule has 1 saturated heterocycles. The molecule has 12 heteroatoms. The van der Waals surface area contributed by atoms with Crippen LogP contribution in [0.1, 0.15) is 46.6 Å². The van der Waals surface area contributed by atoms with Crippen molar-refractivity contribution in [2.45, 2.75) is 32.8 Å². The third-order valence-corrected chi connectivity index (χ3v) is 8.50. The van der Waals surface area contributed by atoms with Gasteiger partial charge in [0.25, 0.3) is 0 Å². The Hall–Kier alpha value is -4.67. The molecule has 238 valence electrons. The van der Waals surface area contributed by atoms with Crippen molar-refractivity contribution in [3.8, 4) is 5.75 Å². The van der Waals surface area contributed by atoms with Crippen molar-refractivity contribution in [1.29, 1.82) is 0 Å². The summed E-state index contributed by atoms with van der Waals surface area (Å²) < 4.78 is 6.27. The van der Waals surface area contributed by atoms with Crippen LogP contribution in [0, 0.1) is 6.92 Å². The topological polar surface area (TPSA) is 125 Å². The number of nitrogens with one attached hydrogen (secondary N) is 1. The number of halogens is 2. The predicted octanol–water partition coefficient (Wildman–Crippen LogP) is 6.30. The highest BCUT2D eigenvalue weighted by atomic mass is 35.5. The number of hydrogen-bond acceptors (Lipinski definition) is 7. The van der Waals surface area contributed by atoms with Gasteiger partial charge in [-0.3, -0.25) is 9.59 Å². The second-order valence-corrected chi connectivity index (χ2v) is 11.7. The highest BCUT2D eigenvalue weighted by molar-refractivity contribution is 6.38. The molecule has 10 nitrogen and oxygen atoms in total. The zero-order valence-electron chi connectivity index (χ0n) is 25.4. The van der Waals surface area contributed by atoms with Crippen LogP contribution in [-0.4, -0.2) is 59.5 Å². The van der Waals surface area contributed by atoms with Crippen LogP contribution in [0.5, 0.6) is 5.75 Å². The van der Waals surface area contributed by atoms with Crippen LogP contribution in [0.25, 0.3) is 17.0 Å². The number of benzene rings is 2. The van der Waals surface area contributed by atoms with E-state index in [-0.39, 0.29) is 23.9 Å². The van der Waals surface area contributed by atoms with E-state index in [1.165, 1.54) is 41.8 Å². The summed E-state index contributed by atoms with van der Waals surface area (Å²) in [4.78, 5) is 48.6. The SMILES string of the molecule is Cc1cc(N2CCCCC2)c2cccc(OCc3c(Cl)ccc(N(C)C(=O)CNC(=O)/C=C/c4ccc(C(=O)O)nc4)c3Cl)c2n1. The molecule has 0 unspecified atom stereocenters. The van der Waals surface area contributed by atoms with Crippen LogP contribution < -0.4 is 19.9 Å². The number of carbonyl (C=O) groups excluding carboxylic acids is 2. The number of carboxylic acid groups (broad SMARTS) is 1. The highest BCUT2D eigenvalue weighted by Gasteiger charge is 2.21. The standard InChI is InChI=1S/C34H33Cl2N5O5/c1-21-17-28(41-15-4-3-5-16-41)23-7-6-8-29(33(23)39-21)46-20-24-25(35)11-13-27(32(24)36)40(2)31(43)19-38-30(42)14-10-22-9-12-26(34(44)45)37-18-22/h6-14,17-18H,3-5,15-16,19-20H2,1-2H3,(H,38,42)(H,44,45)/b14-10+. The van der Waals surface area contributed by atoms with Gasteiger partial charge in [0.15, 0.2) is 0 Å². The van der Waals surface area contributed by atoms with Gasteiger partial charge in [-0.15, -0.1) is 0 Å². The quantitative estimate of drug-likeness (QED) is 0.190. The molecule has 4 aromatic rings. The first-order valence-corrected chi connectivity index (χ1v) is 15.5.